The minimum atomic E-state index is -4.88. The van der Waals surface area contributed by atoms with E-state index in [9.17, 15) is 36.2 Å². The molecular weight excluding hydrogens is 458 g/mol. The number of nitrogens with one attached hydrogen (secondary N) is 1. The van der Waals surface area contributed by atoms with Gasteiger partial charge in [-0.25, -0.2) is 4.39 Å². The van der Waals surface area contributed by atoms with Gasteiger partial charge >= 0.3 is 13.0 Å². The van der Waals surface area contributed by atoms with Gasteiger partial charge in [0.25, 0.3) is 5.91 Å². The molecule has 1 aliphatic rings. The molecule has 176 valence electrons. The van der Waals surface area contributed by atoms with Gasteiger partial charge < -0.3 is 15.2 Å². The van der Waals surface area contributed by atoms with E-state index in [1.807, 2.05) is 0 Å². The Kier molecular flexibility index (Phi) is 7.45. The van der Waals surface area contributed by atoms with Crippen LogP contribution in [0, 0.1) is 17.7 Å². The SMILES string of the molecule is O=C(N[C@H]1C[C@H](OC(F)(F)F)C[C@@H]1O)c1ccc(OC(F)F)c(C#Cc2cncc(F)c2)c1. The lowest BCUT2D eigenvalue weighted by Crippen LogP contribution is -2.40. The zero-order valence-electron chi connectivity index (χ0n) is 16.6. The standard InChI is InChI=1S/C21H16F6N2O4/c22-14-5-11(9-28-10-14)1-2-12-6-13(3-4-18(12)32-20(23)24)19(31)29-16-7-15(8-17(16)30)33-21(25,26)27/h3-6,9-10,15-17,20,30H,7-8H2,(H,29,31)/t15-,16-,17-/m0/s1. The van der Waals surface area contributed by atoms with Crippen molar-refractivity contribution in [3.63, 3.8) is 0 Å². The molecule has 12 heteroatoms. The van der Waals surface area contributed by atoms with Crippen molar-refractivity contribution in [2.75, 3.05) is 0 Å². The van der Waals surface area contributed by atoms with Gasteiger partial charge in [0.15, 0.2) is 0 Å². The second-order valence-electron chi connectivity index (χ2n) is 7.04. The van der Waals surface area contributed by atoms with E-state index in [4.69, 9.17) is 0 Å². The molecule has 6 nitrogen and oxygen atoms in total. The molecule has 1 fully saturated rings. The summed E-state index contributed by atoms with van der Waals surface area (Å²) in [4.78, 5) is 16.2. The molecule has 0 aliphatic heterocycles. The van der Waals surface area contributed by atoms with Crippen LogP contribution >= 0.6 is 0 Å². The van der Waals surface area contributed by atoms with Crippen LogP contribution in [-0.2, 0) is 4.74 Å². The topological polar surface area (TPSA) is 80.7 Å². The number of nitrogens with zero attached hydrogens (tertiary/aromatic N) is 1. The molecule has 2 aromatic rings. The molecule has 33 heavy (non-hydrogen) atoms. The van der Waals surface area contributed by atoms with Crippen LogP contribution in [0.3, 0.4) is 0 Å². The van der Waals surface area contributed by atoms with Crippen LogP contribution < -0.4 is 10.1 Å². The first-order valence-electron chi connectivity index (χ1n) is 9.45. The summed E-state index contributed by atoms with van der Waals surface area (Å²) in [7, 11) is 0. The van der Waals surface area contributed by atoms with Crippen molar-refractivity contribution in [2.24, 2.45) is 0 Å². The molecule has 0 bridgehead atoms. The number of aliphatic hydroxyl groups excluding tert-OH is 1. The Morgan fingerprint density at radius 3 is 2.61 bits per heavy atom. The molecule has 1 aromatic carbocycles. The van der Waals surface area contributed by atoms with Gasteiger partial charge in [0.1, 0.15) is 11.6 Å². The van der Waals surface area contributed by atoms with Gasteiger partial charge in [-0.3, -0.25) is 14.5 Å². The van der Waals surface area contributed by atoms with Crippen LogP contribution in [0.2, 0.25) is 0 Å². The van der Waals surface area contributed by atoms with Crippen LogP contribution in [0.4, 0.5) is 26.3 Å². The van der Waals surface area contributed by atoms with Gasteiger partial charge in [0.2, 0.25) is 0 Å². The molecule has 0 unspecified atom stereocenters. The van der Waals surface area contributed by atoms with Crippen LogP contribution in [0.25, 0.3) is 0 Å². The molecule has 0 saturated heterocycles. The third-order valence-corrected chi connectivity index (χ3v) is 4.61. The first-order valence-corrected chi connectivity index (χ1v) is 9.45. The second-order valence-corrected chi connectivity index (χ2v) is 7.04. The Morgan fingerprint density at radius 2 is 1.94 bits per heavy atom. The Labute approximate surface area is 183 Å². The first kappa shape index (κ1) is 24.3. The molecule has 0 spiro atoms. The van der Waals surface area contributed by atoms with Crippen molar-refractivity contribution in [1.82, 2.24) is 10.3 Å². The van der Waals surface area contributed by atoms with Crippen LogP contribution in [0.15, 0.2) is 36.7 Å². The van der Waals surface area contributed by atoms with Gasteiger partial charge in [-0.05, 0) is 30.7 Å². The van der Waals surface area contributed by atoms with E-state index in [1.165, 1.54) is 6.20 Å². The molecule has 3 atom stereocenters. The number of benzene rings is 1. The smallest absolute Gasteiger partial charge is 0.434 e. The predicted molar refractivity (Wildman–Crippen MR) is 101 cm³/mol. The zero-order chi connectivity index (χ0) is 24.2. The van der Waals surface area contributed by atoms with Gasteiger partial charge in [-0.1, -0.05) is 11.8 Å². The van der Waals surface area contributed by atoms with Crippen LogP contribution in [-0.4, -0.2) is 47.2 Å². The fraction of sp³-hybridized carbons (Fsp3) is 0.333. The number of hydrogen-bond acceptors (Lipinski definition) is 5. The molecule has 1 aliphatic carbocycles. The highest BCUT2D eigenvalue weighted by Crippen LogP contribution is 2.30. The quantitative estimate of drug-likeness (QED) is 0.513. The molecule has 1 saturated carbocycles. The largest absolute Gasteiger partial charge is 0.522 e. The maximum atomic E-state index is 13.3. The Morgan fingerprint density at radius 1 is 1.18 bits per heavy atom. The summed E-state index contributed by atoms with van der Waals surface area (Å²) < 4.78 is 84.1. The molecular formula is C21H16F6N2O4. The molecule has 0 radical (unpaired) electrons. The number of aliphatic hydroxyl groups is 1. The zero-order valence-corrected chi connectivity index (χ0v) is 16.6. The third kappa shape index (κ3) is 7.10. The summed E-state index contributed by atoms with van der Waals surface area (Å²) in [5, 5.41) is 12.4. The van der Waals surface area contributed by atoms with E-state index >= 15 is 0 Å². The van der Waals surface area contributed by atoms with Crippen molar-refractivity contribution < 1.29 is 45.7 Å². The van der Waals surface area contributed by atoms with Gasteiger partial charge in [0.05, 0.1) is 30.0 Å². The average molecular weight is 474 g/mol. The number of pyridine rings is 1. The molecule has 1 amide bonds. The molecule has 1 aromatic heterocycles. The van der Waals surface area contributed by atoms with E-state index in [2.05, 4.69) is 31.6 Å². The predicted octanol–water partition coefficient (Wildman–Crippen LogP) is 3.38. The summed E-state index contributed by atoms with van der Waals surface area (Å²) in [6.45, 7) is -3.18. The fourth-order valence-corrected chi connectivity index (χ4v) is 3.25. The monoisotopic (exact) mass is 474 g/mol. The van der Waals surface area contributed by atoms with E-state index in [-0.39, 0.29) is 35.3 Å². The van der Waals surface area contributed by atoms with Crippen LogP contribution in [0.5, 0.6) is 5.75 Å². The molecule has 3 rings (SSSR count). The summed E-state index contributed by atoms with van der Waals surface area (Å²) >= 11 is 0. The van der Waals surface area contributed by atoms with Crippen LogP contribution in [0.1, 0.15) is 34.3 Å². The fourth-order valence-electron chi connectivity index (χ4n) is 3.25. The number of carbonyl (C=O) groups excluding carboxylic acids is 1. The first-order chi connectivity index (χ1) is 15.5. The summed E-state index contributed by atoms with van der Waals surface area (Å²) in [6, 6.07) is 3.38. The third-order valence-electron chi connectivity index (χ3n) is 4.61. The maximum Gasteiger partial charge on any atom is 0.522 e. The molecule has 1 heterocycles. The van der Waals surface area contributed by atoms with Gasteiger partial charge in [0, 0.05) is 23.7 Å². The maximum absolute atomic E-state index is 13.3. The number of rotatable bonds is 5. The Hall–Kier alpha value is -3.30. The lowest BCUT2D eigenvalue weighted by molar-refractivity contribution is -0.342. The van der Waals surface area contributed by atoms with Gasteiger partial charge in [-0.2, -0.15) is 8.78 Å². The highest BCUT2D eigenvalue weighted by Gasteiger charge is 2.41. The number of alkyl halides is 5. The average Bonchev–Trinajstić information content (AvgIpc) is 3.03. The van der Waals surface area contributed by atoms with E-state index in [1.54, 1.807) is 0 Å². The summed E-state index contributed by atoms with van der Waals surface area (Å²) in [5.74, 6) is 3.22. The lowest BCUT2D eigenvalue weighted by Gasteiger charge is -2.17. The Bertz CT molecular complexity index is 1070. The summed E-state index contributed by atoms with van der Waals surface area (Å²) in [6.07, 6.45) is -5.91. The number of carbonyl (C=O) groups is 1. The number of ether oxygens (including phenoxy) is 2. The minimum absolute atomic E-state index is 0.0781. The van der Waals surface area contributed by atoms with Crippen molar-refractivity contribution in [3.05, 3.63) is 59.2 Å². The van der Waals surface area contributed by atoms with Crippen molar-refractivity contribution in [1.29, 1.82) is 0 Å². The number of amides is 1. The van der Waals surface area contributed by atoms with Crippen molar-refractivity contribution in [2.45, 2.75) is 44.1 Å². The highest BCUT2D eigenvalue weighted by molar-refractivity contribution is 5.95. The minimum Gasteiger partial charge on any atom is -0.434 e. The van der Waals surface area contributed by atoms with E-state index in [0.717, 1.165) is 30.5 Å². The highest BCUT2D eigenvalue weighted by atomic mass is 19.4. The molecule has 2 N–H and O–H groups in total. The number of hydrogen-bond donors (Lipinski definition) is 2. The van der Waals surface area contributed by atoms with Crippen molar-refractivity contribution >= 4 is 5.91 Å². The van der Waals surface area contributed by atoms with E-state index < -0.39 is 42.9 Å². The van der Waals surface area contributed by atoms with E-state index in [0.29, 0.717) is 0 Å². The van der Waals surface area contributed by atoms with Gasteiger partial charge in [-0.15, -0.1) is 13.2 Å². The number of aromatic nitrogens is 1. The second kappa shape index (κ2) is 10.1. The summed E-state index contributed by atoms with van der Waals surface area (Å²) in [5.41, 5.74) is -0.0687. The normalized spacial score (nSPS) is 20.3. The number of halogens is 6. The lowest BCUT2D eigenvalue weighted by atomic mass is 10.1. The van der Waals surface area contributed by atoms with Crippen molar-refractivity contribution in [3.8, 4) is 17.6 Å². The Balaban J connectivity index is 1.79.